The Labute approximate surface area is 214 Å². The largest absolute Gasteiger partial charge is 0.459 e. The number of benzene rings is 4. The van der Waals surface area contributed by atoms with Gasteiger partial charge in [-0.25, -0.2) is 0 Å². The summed E-state index contributed by atoms with van der Waals surface area (Å²) in [5.74, 6) is 0.870. The highest BCUT2D eigenvalue weighted by molar-refractivity contribution is 6.06. The van der Waals surface area contributed by atoms with E-state index < -0.39 is 5.72 Å². The van der Waals surface area contributed by atoms with Gasteiger partial charge in [0, 0.05) is 17.6 Å². The second-order valence-electron chi connectivity index (χ2n) is 11.0. The highest BCUT2D eigenvalue weighted by Crippen LogP contribution is 2.55. The van der Waals surface area contributed by atoms with Gasteiger partial charge in [0.2, 0.25) is 5.72 Å². The van der Waals surface area contributed by atoms with E-state index in [4.69, 9.17) is 9.73 Å². The molecule has 0 saturated carbocycles. The van der Waals surface area contributed by atoms with Gasteiger partial charge < -0.3 is 9.64 Å². The summed E-state index contributed by atoms with van der Waals surface area (Å²) < 4.78 is 7.08. The Kier molecular flexibility index (Phi) is 5.75. The maximum Gasteiger partial charge on any atom is 0.228 e. The second kappa shape index (κ2) is 8.96. The first kappa shape index (κ1) is 23.1. The van der Waals surface area contributed by atoms with Gasteiger partial charge in [-0.15, -0.1) is 0 Å². The molecule has 0 radical (unpaired) electrons. The molecule has 6 rings (SSSR count). The van der Waals surface area contributed by atoms with E-state index in [1.165, 1.54) is 59.5 Å². The van der Waals surface area contributed by atoms with Crippen LogP contribution in [0.4, 0.5) is 11.4 Å². The second-order valence-corrected chi connectivity index (χ2v) is 11.0. The fourth-order valence-electron chi connectivity index (χ4n) is 6.24. The Morgan fingerprint density at radius 3 is 2.33 bits per heavy atom. The minimum atomic E-state index is -0.641. The summed E-state index contributed by atoms with van der Waals surface area (Å²) in [6, 6.07) is 26.1. The SMILES string of the molecule is CCCCCCCCN1c2ccccc2C(C)(C)[C@]12C=Nc1c(ccc3cc4ccccc4cc13)O2. The Bertz CT molecular complexity index is 1450. The lowest BCUT2D eigenvalue weighted by atomic mass is 9.77. The Morgan fingerprint density at radius 2 is 1.50 bits per heavy atom. The number of rotatable bonds is 7. The summed E-state index contributed by atoms with van der Waals surface area (Å²) in [7, 11) is 0. The van der Waals surface area contributed by atoms with Crippen molar-refractivity contribution in [3.8, 4) is 5.75 Å². The molecule has 0 aliphatic carbocycles. The van der Waals surface area contributed by atoms with E-state index in [1.807, 2.05) is 0 Å². The van der Waals surface area contributed by atoms with Gasteiger partial charge in [-0.05, 0) is 66.3 Å². The van der Waals surface area contributed by atoms with Crippen molar-refractivity contribution >= 4 is 39.1 Å². The summed E-state index contributed by atoms with van der Waals surface area (Å²) >= 11 is 0. The molecule has 0 saturated heterocycles. The van der Waals surface area contributed by atoms with Crippen LogP contribution in [0.15, 0.2) is 77.8 Å². The van der Waals surface area contributed by atoms with Gasteiger partial charge in [0.15, 0.2) is 0 Å². The van der Waals surface area contributed by atoms with E-state index in [-0.39, 0.29) is 5.41 Å². The maximum atomic E-state index is 7.08. The van der Waals surface area contributed by atoms with Crippen LogP contribution >= 0.6 is 0 Å². The zero-order valence-electron chi connectivity index (χ0n) is 21.8. The van der Waals surface area contributed by atoms with Crippen LogP contribution < -0.4 is 9.64 Å². The van der Waals surface area contributed by atoms with Crippen molar-refractivity contribution in [2.45, 2.75) is 70.4 Å². The zero-order chi connectivity index (χ0) is 24.8. The van der Waals surface area contributed by atoms with Crippen LogP contribution in [0.3, 0.4) is 0 Å². The van der Waals surface area contributed by atoms with Crippen LogP contribution in [0.25, 0.3) is 21.5 Å². The number of fused-ring (bicyclic) bond motifs is 5. The highest BCUT2D eigenvalue weighted by atomic mass is 16.5. The monoisotopic (exact) mass is 476 g/mol. The van der Waals surface area contributed by atoms with Crippen LogP contribution in [-0.2, 0) is 5.41 Å². The van der Waals surface area contributed by atoms with Gasteiger partial charge in [-0.3, -0.25) is 4.99 Å². The molecule has 4 aromatic carbocycles. The van der Waals surface area contributed by atoms with Crippen molar-refractivity contribution in [1.29, 1.82) is 0 Å². The van der Waals surface area contributed by atoms with Gasteiger partial charge in [0.25, 0.3) is 0 Å². The molecule has 4 aromatic rings. The number of nitrogens with zero attached hydrogens (tertiary/aromatic N) is 2. The summed E-state index contributed by atoms with van der Waals surface area (Å²) in [5.41, 5.74) is 2.66. The summed E-state index contributed by atoms with van der Waals surface area (Å²) in [4.78, 5) is 7.65. The molecule has 184 valence electrons. The molecule has 2 heterocycles. The van der Waals surface area contributed by atoms with E-state index in [1.54, 1.807) is 0 Å². The third-order valence-electron chi connectivity index (χ3n) is 8.35. The molecule has 36 heavy (non-hydrogen) atoms. The van der Waals surface area contributed by atoms with Crippen LogP contribution in [0, 0.1) is 0 Å². The standard InChI is InChI=1S/C33H36N2O/c1-4-5-6-7-8-13-20-35-29-17-12-11-16-28(29)32(2,3)33(35)23-34-31-27-22-25-15-10-9-14-24(25)21-26(27)18-19-30(31)36-33/h9-12,14-19,21-23H,4-8,13,20H2,1-3H3/t33-/m1/s1. The normalized spacial score (nSPS) is 19.6. The molecule has 0 bridgehead atoms. The topological polar surface area (TPSA) is 24.8 Å². The van der Waals surface area contributed by atoms with Crippen molar-refractivity contribution < 1.29 is 4.74 Å². The quantitative estimate of drug-likeness (QED) is 0.196. The van der Waals surface area contributed by atoms with E-state index >= 15 is 0 Å². The Morgan fingerprint density at radius 1 is 0.778 bits per heavy atom. The molecule has 0 N–H and O–H groups in total. The minimum absolute atomic E-state index is 0.245. The average Bonchev–Trinajstić information content (AvgIpc) is 3.07. The number of aliphatic imine (C=N–C) groups is 1. The first-order valence-corrected chi connectivity index (χ1v) is 13.6. The van der Waals surface area contributed by atoms with Gasteiger partial charge in [0.1, 0.15) is 11.4 Å². The molecule has 0 fully saturated rings. The molecule has 0 amide bonds. The molecule has 0 aromatic heterocycles. The average molecular weight is 477 g/mol. The summed E-state index contributed by atoms with van der Waals surface area (Å²) in [6.45, 7) is 7.85. The molecular weight excluding hydrogens is 440 g/mol. The lowest BCUT2D eigenvalue weighted by Crippen LogP contribution is -2.62. The van der Waals surface area contributed by atoms with Crippen molar-refractivity contribution in [2.75, 3.05) is 11.4 Å². The van der Waals surface area contributed by atoms with Crippen molar-refractivity contribution in [3.05, 3.63) is 78.4 Å². The summed E-state index contributed by atoms with van der Waals surface area (Å²) in [5, 5.41) is 4.82. The lowest BCUT2D eigenvalue weighted by Gasteiger charge is -2.46. The van der Waals surface area contributed by atoms with Crippen LogP contribution in [0.2, 0.25) is 0 Å². The first-order valence-electron chi connectivity index (χ1n) is 13.6. The number of hydrogen-bond acceptors (Lipinski definition) is 3. The van der Waals surface area contributed by atoms with Gasteiger partial charge in [0.05, 0.1) is 11.6 Å². The minimum Gasteiger partial charge on any atom is -0.459 e. The first-order chi connectivity index (χ1) is 17.5. The summed E-state index contributed by atoms with van der Waals surface area (Å²) in [6.07, 6.45) is 9.75. The molecule has 2 aliphatic heterocycles. The molecule has 0 unspecified atom stereocenters. The number of anilines is 1. The fourth-order valence-corrected chi connectivity index (χ4v) is 6.24. The highest BCUT2D eigenvalue weighted by Gasteiger charge is 2.59. The molecule has 2 aliphatic rings. The van der Waals surface area contributed by atoms with Crippen molar-refractivity contribution in [3.63, 3.8) is 0 Å². The van der Waals surface area contributed by atoms with E-state index in [2.05, 4.69) is 105 Å². The van der Waals surface area contributed by atoms with Crippen LogP contribution in [-0.4, -0.2) is 18.5 Å². The lowest BCUT2D eigenvalue weighted by molar-refractivity contribution is 0.0774. The third-order valence-corrected chi connectivity index (χ3v) is 8.35. The number of para-hydroxylation sites is 1. The van der Waals surface area contributed by atoms with Crippen LogP contribution in [0.5, 0.6) is 5.75 Å². The molecule has 3 heteroatoms. The Balaban J connectivity index is 1.39. The van der Waals surface area contributed by atoms with Crippen molar-refractivity contribution in [1.82, 2.24) is 0 Å². The number of hydrogen-bond donors (Lipinski definition) is 0. The van der Waals surface area contributed by atoms with E-state index in [9.17, 15) is 0 Å². The number of ether oxygens (including phenoxy) is 1. The van der Waals surface area contributed by atoms with Gasteiger partial charge >= 0.3 is 0 Å². The van der Waals surface area contributed by atoms with Crippen molar-refractivity contribution in [2.24, 2.45) is 4.99 Å². The van der Waals surface area contributed by atoms with E-state index in [0.29, 0.717) is 0 Å². The van der Waals surface area contributed by atoms with E-state index in [0.717, 1.165) is 29.8 Å². The molecular formula is C33H36N2O. The third kappa shape index (κ3) is 3.51. The predicted molar refractivity (Wildman–Crippen MR) is 153 cm³/mol. The molecule has 1 spiro atoms. The van der Waals surface area contributed by atoms with Crippen LogP contribution in [0.1, 0.15) is 64.9 Å². The Hall–Kier alpha value is -3.33. The van der Waals surface area contributed by atoms with Gasteiger partial charge in [-0.2, -0.15) is 0 Å². The zero-order valence-corrected chi connectivity index (χ0v) is 21.8. The van der Waals surface area contributed by atoms with Gasteiger partial charge in [-0.1, -0.05) is 87.6 Å². The predicted octanol–water partition coefficient (Wildman–Crippen LogP) is 8.94. The molecule has 3 nitrogen and oxygen atoms in total. The maximum absolute atomic E-state index is 7.08. The number of unbranched alkanes of at least 4 members (excludes halogenated alkanes) is 5. The fraction of sp³-hybridized carbons (Fsp3) is 0.364. The molecule has 1 atom stereocenters. The smallest absolute Gasteiger partial charge is 0.228 e.